The van der Waals surface area contributed by atoms with Crippen LogP contribution in [0, 0.1) is 0 Å². The van der Waals surface area contributed by atoms with Crippen LogP contribution in [0.1, 0.15) is 23.7 Å². The number of hydrogen-bond acceptors (Lipinski definition) is 5. The van der Waals surface area contributed by atoms with Crippen molar-refractivity contribution in [2.24, 2.45) is 0 Å². The number of carboxylic acid groups (broad SMARTS) is 1. The summed E-state index contributed by atoms with van der Waals surface area (Å²) < 4.78 is 7.62. The first-order valence-corrected chi connectivity index (χ1v) is 15.4. The summed E-state index contributed by atoms with van der Waals surface area (Å²) in [4.78, 5) is 18.2. The number of anilines is 1. The molecule has 3 rings (SSSR count). The van der Waals surface area contributed by atoms with E-state index < -0.39 is 20.2 Å². The normalized spacial score (nSPS) is 12.3. The van der Waals surface area contributed by atoms with Crippen LogP contribution in [0.5, 0.6) is 0 Å². The first-order valence-electron chi connectivity index (χ1n) is 11.7. The molecular weight excluding hydrogens is 458 g/mol. The fraction of sp³-hybridized carbons (Fsp3) is 0.346. The van der Waals surface area contributed by atoms with Gasteiger partial charge in [0.15, 0.2) is 0 Å². The molecule has 3 N–H and O–H groups in total. The van der Waals surface area contributed by atoms with Crippen LogP contribution in [0.2, 0.25) is 25.7 Å². The van der Waals surface area contributed by atoms with Crippen LogP contribution in [0.4, 0.5) is 10.5 Å². The number of rotatable bonds is 12. The van der Waals surface area contributed by atoms with E-state index >= 15 is 0 Å². The quantitative estimate of drug-likeness (QED) is 0.192. The molecule has 0 aliphatic heterocycles. The molecule has 9 heteroatoms. The third-order valence-corrected chi connectivity index (χ3v) is 7.39. The molecule has 1 amide bonds. The Morgan fingerprint density at radius 3 is 2.69 bits per heavy atom. The highest BCUT2D eigenvalue weighted by Gasteiger charge is 2.26. The number of nitrogen functional groups attached to an aromatic ring is 1. The van der Waals surface area contributed by atoms with E-state index in [1.54, 1.807) is 23.2 Å². The molecule has 0 radical (unpaired) electrons. The highest BCUT2D eigenvalue weighted by molar-refractivity contribution is 6.76. The lowest BCUT2D eigenvalue weighted by Crippen LogP contribution is -2.33. The fourth-order valence-corrected chi connectivity index (χ4v) is 4.53. The van der Waals surface area contributed by atoms with Crippen LogP contribution in [0.15, 0.2) is 67.5 Å². The van der Waals surface area contributed by atoms with E-state index in [1.165, 1.54) is 4.90 Å². The summed E-state index contributed by atoms with van der Waals surface area (Å²) in [6, 6.07) is 13.8. The molecule has 35 heavy (non-hydrogen) atoms. The molecule has 186 valence electrons. The topological polar surface area (TPSA) is 106 Å². The monoisotopic (exact) mass is 493 g/mol. The lowest BCUT2D eigenvalue weighted by molar-refractivity contribution is 0.0798. The highest BCUT2D eigenvalue weighted by Crippen LogP contribution is 2.31. The third kappa shape index (κ3) is 7.27. The van der Waals surface area contributed by atoms with Crippen LogP contribution >= 0.6 is 0 Å². The summed E-state index contributed by atoms with van der Waals surface area (Å²) in [6.07, 6.45) is 4.40. The summed E-state index contributed by atoms with van der Waals surface area (Å²) in [5.74, 6) is 0. The van der Waals surface area contributed by atoms with Crippen molar-refractivity contribution >= 4 is 19.9 Å². The number of pyridine rings is 1. The van der Waals surface area contributed by atoms with Gasteiger partial charge >= 0.3 is 6.09 Å². The molecule has 0 aliphatic rings. The van der Waals surface area contributed by atoms with Gasteiger partial charge in [0.05, 0.1) is 29.3 Å². The Kier molecular flexibility index (Phi) is 8.83. The number of amides is 1. The van der Waals surface area contributed by atoms with Gasteiger partial charge in [0.25, 0.3) is 0 Å². The van der Waals surface area contributed by atoms with E-state index in [0.717, 1.165) is 22.9 Å². The lowest BCUT2D eigenvalue weighted by atomic mass is 10.0. The van der Waals surface area contributed by atoms with Crippen molar-refractivity contribution in [3.63, 3.8) is 0 Å². The highest BCUT2D eigenvalue weighted by atomic mass is 28.3. The smallest absolute Gasteiger partial charge is 0.408 e. The minimum absolute atomic E-state index is 0.242. The summed E-state index contributed by atoms with van der Waals surface area (Å²) >= 11 is 0. The van der Waals surface area contributed by atoms with Crippen LogP contribution in [0.3, 0.4) is 0 Å². The Morgan fingerprint density at radius 1 is 1.29 bits per heavy atom. The van der Waals surface area contributed by atoms with Crippen molar-refractivity contribution in [2.45, 2.75) is 51.4 Å². The van der Waals surface area contributed by atoms with E-state index in [4.69, 9.17) is 10.5 Å². The molecule has 1 atom stereocenters. The number of nitrogens with zero attached hydrogens (tertiary/aromatic N) is 4. The second-order valence-electron chi connectivity index (χ2n) is 9.70. The molecule has 2 heterocycles. The van der Waals surface area contributed by atoms with Gasteiger partial charge in [-0.3, -0.25) is 9.88 Å². The van der Waals surface area contributed by atoms with Gasteiger partial charge in [-0.2, -0.15) is 5.10 Å². The fourth-order valence-electron chi connectivity index (χ4n) is 3.78. The average Bonchev–Trinajstić information content (AvgIpc) is 3.19. The average molecular weight is 494 g/mol. The number of carbonyl (C=O) groups is 1. The predicted octanol–water partition coefficient (Wildman–Crippen LogP) is 5.64. The molecule has 0 fully saturated rings. The molecule has 3 aromatic rings. The Morgan fingerprint density at radius 2 is 2.03 bits per heavy atom. The SMILES string of the molecule is C=CCC(c1cc(-c2c(N)cnn2COCC[Si](C)(C)C)ccn1)N(Cc1ccccc1)C(=O)O. The summed E-state index contributed by atoms with van der Waals surface area (Å²) in [7, 11) is -1.19. The van der Waals surface area contributed by atoms with Gasteiger partial charge < -0.3 is 15.6 Å². The summed E-state index contributed by atoms with van der Waals surface area (Å²) in [6.45, 7) is 12.0. The Balaban J connectivity index is 1.88. The number of aromatic nitrogens is 3. The van der Waals surface area contributed by atoms with Crippen molar-refractivity contribution in [2.75, 3.05) is 12.3 Å². The maximum atomic E-state index is 12.2. The van der Waals surface area contributed by atoms with Crippen molar-refractivity contribution in [3.05, 3.63) is 78.8 Å². The predicted molar refractivity (Wildman–Crippen MR) is 142 cm³/mol. The molecule has 0 spiro atoms. The molecular formula is C26H35N5O3Si. The second kappa shape index (κ2) is 11.8. The van der Waals surface area contributed by atoms with Crippen molar-refractivity contribution in [3.8, 4) is 11.3 Å². The van der Waals surface area contributed by atoms with E-state index in [9.17, 15) is 9.90 Å². The number of hydrogen-bond donors (Lipinski definition) is 2. The minimum atomic E-state index is -1.19. The van der Waals surface area contributed by atoms with E-state index in [-0.39, 0.29) is 6.54 Å². The van der Waals surface area contributed by atoms with Crippen molar-refractivity contribution < 1.29 is 14.6 Å². The number of benzene rings is 1. The zero-order valence-corrected chi connectivity index (χ0v) is 21.7. The van der Waals surface area contributed by atoms with Crippen LogP contribution in [-0.4, -0.2) is 45.5 Å². The van der Waals surface area contributed by atoms with E-state index in [0.29, 0.717) is 31.1 Å². The van der Waals surface area contributed by atoms with Gasteiger partial charge in [-0.1, -0.05) is 56.0 Å². The van der Waals surface area contributed by atoms with E-state index in [2.05, 4.69) is 36.3 Å². The first kappa shape index (κ1) is 26.2. The Bertz CT molecular complexity index is 1130. The minimum Gasteiger partial charge on any atom is -0.465 e. The maximum absolute atomic E-state index is 12.2. The molecule has 2 aromatic heterocycles. The van der Waals surface area contributed by atoms with Gasteiger partial charge in [-0.15, -0.1) is 6.58 Å². The standard InChI is InChI=1S/C26H35N5O3Si/c1-5-9-24(30(26(32)33)18-20-10-7-6-8-11-20)23-16-21(12-13-28-23)25-22(27)17-29-31(25)19-34-14-15-35(2,3)4/h5-8,10-13,16-17,24H,1,9,14-15,18-19,27H2,2-4H3,(H,32,33). The molecule has 0 saturated heterocycles. The maximum Gasteiger partial charge on any atom is 0.408 e. The van der Waals surface area contributed by atoms with Gasteiger partial charge in [0, 0.05) is 33.0 Å². The zero-order chi connectivity index (χ0) is 25.4. The van der Waals surface area contributed by atoms with Gasteiger partial charge in [-0.25, -0.2) is 9.48 Å². The van der Waals surface area contributed by atoms with Crippen LogP contribution < -0.4 is 5.73 Å². The Labute approximate surface area is 208 Å². The molecule has 1 aromatic carbocycles. The Hall–Kier alpha value is -3.43. The van der Waals surface area contributed by atoms with Gasteiger partial charge in [0.1, 0.15) is 6.73 Å². The van der Waals surface area contributed by atoms with Gasteiger partial charge in [0.2, 0.25) is 0 Å². The van der Waals surface area contributed by atoms with Crippen LogP contribution in [0.25, 0.3) is 11.3 Å². The van der Waals surface area contributed by atoms with Crippen molar-refractivity contribution in [1.82, 2.24) is 19.7 Å². The number of ether oxygens (including phenoxy) is 1. The summed E-state index contributed by atoms with van der Waals surface area (Å²) in [5, 5.41) is 14.4. The zero-order valence-electron chi connectivity index (χ0n) is 20.7. The van der Waals surface area contributed by atoms with Crippen LogP contribution in [-0.2, 0) is 18.0 Å². The molecule has 8 nitrogen and oxygen atoms in total. The molecule has 0 saturated carbocycles. The number of nitrogens with two attached hydrogens (primary N) is 1. The second-order valence-corrected chi connectivity index (χ2v) is 15.3. The molecule has 0 aliphatic carbocycles. The van der Waals surface area contributed by atoms with Crippen molar-refractivity contribution in [1.29, 1.82) is 0 Å². The molecule has 1 unspecified atom stereocenters. The third-order valence-electron chi connectivity index (χ3n) is 5.68. The molecule has 0 bridgehead atoms. The summed E-state index contributed by atoms with van der Waals surface area (Å²) in [5.41, 5.74) is 9.84. The lowest BCUT2D eigenvalue weighted by Gasteiger charge is -2.29. The largest absolute Gasteiger partial charge is 0.465 e. The van der Waals surface area contributed by atoms with E-state index in [1.807, 2.05) is 42.5 Å². The van der Waals surface area contributed by atoms with Gasteiger partial charge in [-0.05, 0) is 30.2 Å². The first-order chi connectivity index (χ1) is 16.7.